The second-order valence-corrected chi connectivity index (χ2v) is 6.95. The molecule has 0 amide bonds. The first-order valence-electron chi connectivity index (χ1n) is 8.21. The quantitative estimate of drug-likeness (QED) is 0.843. The Morgan fingerprint density at radius 2 is 1.90 bits per heavy atom. The summed E-state index contributed by atoms with van der Waals surface area (Å²) >= 11 is 1.83. The Morgan fingerprint density at radius 3 is 2.62 bits per heavy atom. The number of rotatable bonds is 5. The molecule has 4 heteroatoms. The second kappa shape index (κ2) is 7.23. The summed E-state index contributed by atoms with van der Waals surface area (Å²) in [6.07, 6.45) is 9.15. The average molecular weight is 303 g/mol. The number of fused-ring (bicyclic) bond motifs is 1. The molecule has 0 bridgehead atoms. The summed E-state index contributed by atoms with van der Waals surface area (Å²) in [5.41, 5.74) is 6.88. The van der Waals surface area contributed by atoms with Gasteiger partial charge in [0.25, 0.3) is 0 Å². The fourth-order valence-corrected chi connectivity index (χ4v) is 4.31. The van der Waals surface area contributed by atoms with E-state index in [2.05, 4.69) is 29.2 Å². The summed E-state index contributed by atoms with van der Waals surface area (Å²) in [5, 5.41) is 1.19. The monoisotopic (exact) mass is 303 g/mol. The van der Waals surface area contributed by atoms with Crippen molar-refractivity contribution < 1.29 is 0 Å². The lowest BCUT2D eigenvalue weighted by molar-refractivity contribution is 0.518. The average Bonchev–Trinajstić information content (AvgIpc) is 2.75. The molecule has 0 spiro atoms. The SMILES string of the molecule is NCCCN(c1nc2ccccc2s1)C1CCCCCC1. The van der Waals surface area contributed by atoms with E-state index >= 15 is 0 Å². The van der Waals surface area contributed by atoms with E-state index in [1.165, 1.54) is 48.4 Å². The van der Waals surface area contributed by atoms with Gasteiger partial charge in [0.1, 0.15) is 0 Å². The van der Waals surface area contributed by atoms with Gasteiger partial charge in [-0.1, -0.05) is 49.2 Å². The van der Waals surface area contributed by atoms with Crippen LogP contribution in [0.5, 0.6) is 0 Å². The maximum absolute atomic E-state index is 5.75. The molecule has 2 N–H and O–H groups in total. The Morgan fingerprint density at radius 1 is 1.14 bits per heavy atom. The van der Waals surface area contributed by atoms with Gasteiger partial charge in [-0.05, 0) is 37.9 Å². The molecule has 1 aliphatic carbocycles. The smallest absolute Gasteiger partial charge is 0.186 e. The number of nitrogens with zero attached hydrogens (tertiary/aromatic N) is 2. The minimum Gasteiger partial charge on any atom is -0.345 e. The molecule has 21 heavy (non-hydrogen) atoms. The standard InChI is InChI=1S/C17H25N3S/c18-12-7-13-20(14-8-3-1-2-4-9-14)17-19-15-10-5-6-11-16(15)21-17/h5-6,10-11,14H,1-4,7-9,12-13,18H2. The molecule has 0 unspecified atom stereocenters. The van der Waals surface area contributed by atoms with Crippen LogP contribution in [0, 0.1) is 0 Å². The summed E-state index contributed by atoms with van der Waals surface area (Å²) in [5.74, 6) is 0. The molecule has 114 valence electrons. The number of hydrogen-bond acceptors (Lipinski definition) is 4. The number of aromatic nitrogens is 1. The first-order chi connectivity index (χ1) is 10.4. The highest BCUT2D eigenvalue weighted by atomic mass is 32.1. The van der Waals surface area contributed by atoms with Crippen LogP contribution in [0.4, 0.5) is 5.13 Å². The van der Waals surface area contributed by atoms with Gasteiger partial charge >= 0.3 is 0 Å². The molecule has 1 aliphatic rings. The van der Waals surface area contributed by atoms with Gasteiger partial charge in [0, 0.05) is 12.6 Å². The van der Waals surface area contributed by atoms with Crippen LogP contribution in [0.3, 0.4) is 0 Å². The molecule has 0 saturated heterocycles. The maximum Gasteiger partial charge on any atom is 0.186 e. The van der Waals surface area contributed by atoms with Gasteiger partial charge in [0.2, 0.25) is 0 Å². The van der Waals surface area contributed by atoms with Gasteiger partial charge < -0.3 is 10.6 Å². The summed E-state index contributed by atoms with van der Waals surface area (Å²) in [6, 6.07) is 9.11. The van der Waals surface area contributed by atoms with Gasteiger partial charge in [-0.3, -0.25) is 0 Å². The second-order valence-electron chi connectivity index (χ2n) is 5.95. The highest BCUT2D eigenvalue weighted by molar-refractivity contribution is 7.22. The molecule has 1 heterocycles. The van der Waals surface area contributed by atoms with Crippen molar-refractivity contribution in [2.45, 2.75) is 51.0 Å². The van der Waals surface area contributed by atoms with Crippen LogP contribution < -0.4 is 10.6 Å². The van der Waals surface area contributed by atoms with Crippen molar-refractivity contribution in [2.75, 3.05) is 18.0 Å². The van der Waals surface area contributed by atoms with Gasteiger partial charge in [-0.15, -0.1) is 0 Å². The van der Waals surface area contributed by atoms with Gasteiger partial charge in [-0.25, -0.2) is 4.98 Å². The Bertz CT molecular complexity index is 525. The van der Waals surface area contributed by atoms with Gasteiger partial charge in [0.05, 0.1) is 10.2 Å². The Kier molecular flexibility index (Phi) is 5.09. The third-order valence-corrected chi connectivity index (χ3v) is 5.47. The van der Waals surface area contributed by atoms with Crippen molar-refractivity contribution in [1.82, 2.24) is 4.98 Å². The Balaban J connectivity index is 1.86. The minimum atomic E-state index is 0.652. The summed E-state index contributed by atoms with van der Waals surface area (Å²) < 4.78 is 1.29. The lowest BCUT2D eigenvalue weighted by Crippen LogP contribution is -2.36. The van der Waals surface area contributed by atoms with E-state index in [0.717, 1.165) is 25.0 Å². The molecule has 3 nitrogen and oxygen atoms in total. The number of anilines is 1. The van der Waals surface area contributed by atoms with E-state index in [0.29, 0.717) is 6.04 Å². The molecule has 0 radical (unpaired) electrons. The van der Waals surface area contributed by atoms with Crippen molar-refractivity contribution in [3.8, 4) is 0 Å². The van der Waals surface area contributed by atoms with Gasteiger partial charge in [0.15, 0.2) is 5.13 Å². The molecule has 0 aliphatic heterocycles. The van der Waals surface area contributed by atoms with E-state index < -0.39 is 0 Å². The fraction of sp³-hybridized carbons (Fsp3) is 0.588. The summed E-state index contributed by atoms with van der Waals surface area (Å²) in [7, 11) is 0. The Hall–Kier alpha value is -1.13. The largest absolute Gasteiger partial charge is 0.345 e. The van der Waals surface area contributed by atoms with Crippen LogP contribution in [0.25, 0.3) is 10.2 Å². The zero-order valence-corrected chi connectivity index (χ0v) is 13.4. The number of hydrogen-bond donors (Lipinski definition) is 1. The molecule has 2 aromatic rings. The molecule has 0 atom stereocenters. The Labute approximate surface area is 131 Å². The van der Waals surface area contributed by atoms with Crippen LogP contribution >= 0.6 is 11.3 Å². The first-order valence-corrected chi connectivity index (χ1v) is 9.02. The lowest BCUT2D eigenvalue weighted by atomic mass is 10.1. The predicted octanol–water partition coefficient (Wildman–Crippen LogP) is 4.17. The zero-order chi connectivity index (χ0) is 14.5. The summed E-state index contributed by atoms with van der Waals surface area (Å²) in [6.45, 7) is 1.80. The summed E-state index contributed by atoms with van der Waals surface area (Å²) in [4.78, 5) is 7.42. The van der Waals surface area contributed by atoms with Crippen molar-refractivity contribution >= 4 is 26.7 Å². The zero-order valence-electron chi connectivity index (χ0n) is 12.6. The fourth-order valence-electron chi connectivity index (χ4n) is 3.25. The predicted molar refractivity (Wildman–Crippen MR) is 92.1 cm³/mol. The van der Waals surface area contributed by atoms with E-state index in [1.54, 1.807) is 0 Å². The third-order valence-electron chi connectivity index (χ3n) is 4.40. The highest BCUT2D eigenvalue weighted by Gasteiger charge is 2.22. The van der Waals surface area contributed by atoms with Crippen molar-refractivity contribution in [2.24, 2.45) is 5.73 Å². The maximum atomic E-state index is 5.75. The molecule has 3 rings (SSSR count). The van der Waals surface area contributed by atoms with Crippen LogP contribution in [0.1, 0.15) is 44.9 Å². The molecule has 1 saturated carbocycles. The van der Waals surface area contributed by atoms with Crippen LogP contribution in [-0.2, 0) is 0 Å². The first kappa shape index (κ1) is 14.8. The number of thiazole rings is 1. The van der Waals surface area contributed by atoms with Crippen molar-refractivity contribution in [3.63, 3.8) is 0 Å². The molecular formula is C17H25N3S. The lowest BCUT2D eigenvalue weighted by Gasteiger charge is -2.31. The normalized spacial score (nSPS) is 17.0. The molecule has 1 aromatic carbocycles. The minimum absolute atomic E-state index is 0.652. The molecule has 1 fully saturated rings. The molecular weight excluding hydrogens is 278 g/mol. The third kappa shape index (κ3) is 3.55. The van der Waals surface area contributed by atoms with E-state index in [-0.39, 0.29) is 0 Å². The highest BCUT2D eigenvalue weighted by Crippen LogP contribution is 2.33. The van der Waals surface area contributed by atoms with Crippen LogP contribution in [0.2, 0.25) is 0 Å². The van der Waals surface area contributed by atoms with Crippen LogP contribution in [0.15, 0.2) is 24.3 Å². The van der Waals surface area contributed by atoms with Crippen LogP contribution in [-0.4, -0.2) is 24.1 Å². The topological polar surface area (TPSA) is 42.1 Å². The van der Waals surface area contributed by atoms with E-state index in [9.17, 15) is 0 Å². The molecule has 1 aromatic heterocycles. The number of nitrogens with two attached hydrogens (primary N) is 1. The van der Waals surface area contributed by atoms with E-state index in [1.807, 2.05) is 11.3 Å². The van der Waals surface area contributed by atoms with Crippen molar-refractivity contribution in [1.29, 1.82) is 0 Å². The van der Waals surface area contributed by atoms with Crippen molar-refractivity contribution in [3.05, 3.63) is 24.3 Å². The van der Waals surface area contributed by atoms with E-state index in [4.69, 9.17) is 10.7 Å². The number of benzene rings is 1. The number of para-hydroxylation sites is 1. The van der Waals surface area contributed by atoms with Gasteiger partial charge in [-0.2, -0.15) is 0 Å².